The molecule has 448 valence electrons. The van der Waals surface area contributed by atoms with Crippen LogP contribution in [-0.4, -0.2) is 111 Å². The molecule has 0 N–H and O–H groups in total. The van der Waals surface area contributed by atoms with E-state index in [1.165, 1.54) is 83.5 Å². The quantitative estimate of drug-likeness (QED) is 0.163. The summed E-state index contributed by atoms with van der Waals surface area (Å²) in [6.45, 7) is 2.80. The monoisotopic (exact) mass is 1130 g/mol. The minimum Gasteiger partial charge on any atom is -0.465 e. The van der Waals surface area contributed by atoms with Gasteiger partial charge in [0.1, 0.15) is 36.6 Å². The van der Waals surface area contributed by atoms with Crippen molar-refractivity contribution in [2.24, 2.45) is 81.8 Å². The maximum Gasteiger partial charge on any atom is 0.312 e. The largest absolute Gasteiger partial charge is 0.465 e. The molecule has 12 aliphatic heterocycles. The third-order valence-electron chi connectivity index (χ3n) is 23.1. The Morgan fingerprint density at radius 2 is 1.09 bits per heavy atom. The van der Waals surface area contributed by atoms with Crippen molar-refractivity contribution >= 4 is 47.8 Å². The highest BCUT2D eigenvalue weighted by molar-refractivity contribution is 5.80. The van der Waals surface area contributed by atoms with Crippen LogP contribution < -0.4 is 0 Å². The van der Waals surface area contributed by atoms with Gasteiger partial charge in [0.05, 0.1) is 73.8 Å². The second-order valence-corrected chi connectivity index (χ2v) is 28.0. The predicted molar refractivity (Wildman–Crippen MR) is 287 cm³/mol. The van der Waals surface area contributed by atoms with Crippen LogP contribution in [0.3, 0.4) is 0 Å². The van der Waals surface area contributed by atoms with Crippen LogP contribution >= 0.6 is 0 Å². The number of hydrogen-bond donors (Lipinski definition) is 0. The maximum absolute atomic E-state index is 11.6. The van der Waals surface area contributed by atoms with Crippen molar-refractivity contribution in [1.82, 2.24) is 0 Å². The maximum atomic E-state index is 11.6. The molecule has 22 aliphatic rings. The Labute approximate surface area is 477 Å². The molecular weight excluding hydrogens is 1040 g/mol. The van der Waals surface area contributed by atoms with Gasteiger partial charge in [-0.25, -0.2) is 0 Å². The van der Waals surface area contributed by atoms with Crippen molar-refractivity contribution in [2.45, 2.75) is 242 Å². The van der Waals surface area contributed by atoms with E-state index < -0.39 is 0 Å². The summed E-state index contributed by atoms with van der Waals surface area (Å²) in [5.74, 6) is 7.27. The molecule has 12 heterocycles. The summed E-state index contributed by atoms with van der Waals surface area (Å²) >= 11 is 0. The van der Waals surface area contributed by atoms with E-state index >= 15 is 0 Å². The molecule has 10 aliphatic carbocycles. The highest BCUT2D eigenvalue weighted by Gasteiger charge is 2.59. The van der Waals surface area contributed by atoms with Crippen molar-refractivity contribution in [3.8, 4) is 0 Å². The summed E-state index contributed by atoms with van der Waals surface area (Å²) in [7, 11) is 0. The highest BCUT2D eigenvalue weighted by Crippen LogP contribution is 2.60. The Morgan fingerprint density at radius 1 is 0.370 bits per heavy atom. The third-order valence-corrected chi connectivity index (χ3v) is 23.1. The van der Waals surface area contributed by atoms with Crippen molar-refractivity contribution in [1.29, 1.82) is 0 Å². The van der Waals surface area contributed by atoms with Crippen molar-refractivity contribution in [2.75, 3.05) is 26.4 Å². The summed E-state index contributed by atoms with van der Waals surface area (Å²) < 4.78 is 45.8. The highest BCUT2D eigenvalue weighted by atomic mass is 16.6. The van der Waals surface area contributed by atoms with Crippen LogP contribution in [0.2, 0.25) is 0 Å². The zero-order valence-electron chi connectivity index (χ0n) is 47.8. The molecule has 0 radical (unpaired) electrons. The predicted octanol–water partition coefficient (Wildman–Crippen LogP) is 9.57. The van der Waals surface area contributed by atoms with E-state index in [1.54, 1.807) is 0 Å². The number of cyclic esters (lactones) is 3. The molecule has 81 heavy (non-hydrogen) atoms. The number of ether oxygens (including phenoxy) is 9. The Kier molecular flexibility index (Phi) is 17.5. The number of hydrogen-bond acceptors (Lipinski definition) is 17. The fraction of sp³-hybridized carbons (Fsp3) is 0.875. The lowest BCUT2D eigenvalue weighted by molar-refractivity contribution is -0.170. The van der Waals surface area contributed by atoms with Gasteiger partial charge in [0.15, 0.2) is 0 Å². The van der Waals surface area contributed by atoms with Crippen LogP contribution in [0.5, 0.6) is 0 Å². The van der Waals surface area contributed by atoms with Crippen LogP contribution in [0.15, 0.2) is 0 Å². The molecule has 12 bridgehead atoms. The first-order valence-electron chi connectivity index (χ1n) is 32.4. The van der Waals surface area contributed by atoms with Crippen LogP contribution in [-0.2, 0) is 81.0 Å². The number of carbonyl (C=O) groups excluding carboxylic acids is 8. The Bertz CT molecular complexity index is 2260. The van der Waals surface area contributed by atoms with Crippen molar-refractivity contribution in [3.05, 3.63) is 0 Å². The molecule has 0 amide bonds. The van der Waals surface area contributed by atoms with Gasteiger partial charge in [-0.15, -0.1) is 0 Å². The fourth-order valence-electron chi connectivity index (χ4n) is 18.8. The van der Waals surface area contributed by atoms with Gasteiger partial charge in [-0.1, -0.05) is 32.1 Å². The molecular formula is C64H90O17. The van der Waals surface area contributed by atoms with E-state index in [4.69, 9.17) is 42.6 Å². The molecule has 22 rings (SSSR count). The average Bonchev–Trinajstić information content (AvgIpc) is 4.49. The zero-order chi connectivity index (χ0) is 55.8. The van der Waals surface area contributed by atoms with E-state index in [0.717, 1.165) is 139 Å². The van der Waals surface area contributed by atoms with Gasteiger partial charge in [-0.2, -0.15) is 0 Å². The Morgan fingerprint density at radius 3 is 1.68 bits per heavy atom. The number of esters is 8. The molecule has 10 saturated carbocycles. The summed E-state index contributed by atoms with van der Waals surface area (Å²) in [6.07, 6.45) is 37.2. The van der Waals surface area contributed by atoms with Gasteiger partial charge in [-0.05, 0) is 190 Å². The van der Waals surface area contributed by atoms with Crippen LogP contribution in [0.4, 0.5) is 0 Å². The van der Waals surface area contributed by atoms with Crippen molar-refractivity contribution < 1.29 is 81.0 Å². The molecule has 2 spiro atoms. The van der Waals surface area contributed by atoms with Gasteiger partial charge < -0.3 is 42.6 Å². The number of rotatable bonds is 0. The van der Waals surface area contributed by atoms with Gasteiger partial charge in [-0.3, -0.25) is 38.4 Å². The topological polar surface area (TPSA) is 220 Å². The average molecular weight is 1130 g/mol. The Hall–Kier alpha value is -4.28. The van der Waals surface area contributed by atoms with Gasteiger partial charge in [0.25, 0.3) is 0 Å². The van der Waals surface area contributed by atoms with E-state index in [1.807, 2.05) is 0 Å². The molecule has 17 nitrogen and oxygen atoms in total. The van der Waals surface area contributed by atoms with E-state index in [0.29, 0.717) is 74.5 Å². The van der Waals surface area contributed by atoms with Crippen LogP contribution in [0.1, 0.15) is 205 Å². The molecule has 0 aromatic heterocycles. The lowest BCUT2D eigenvalue weighted by Crippen LogP contribution is -2.39. The lowest BCUT2D eigenvalue weighted by Gasteiger charge is -2.35. The van der Waals surface area contributed by atoms with E-state index in [9.17, 15) is 38.4 Å². The molecule has 15 unspecified atom stereocenters. The lowest BCUT2D eigenvalue weighted by atomic mass is 9.68. The molecule has 17 heteroatoms. The number of fused-ring (bicyclic) bond motifs is 11. The minimum atomic E-state index is -0.107. The summed E-state index contributed by atoms with van der Waals surface area (Å²) in [5, 5.41) is 0. The van der Waals surface area contributed by atoms with E-state index in [-0.39, 0.29) is 101 Å². The molecule has 0 aromatic carbocycles. The standard InChI is InChI=1S/2C10H14O2.C9H14O2.C8H10O2.3C7H10O2.C6H8O3/c11-10-8-2-6-1-7(3-8)5-9(4-6)12-10;11-9-10(3-4-12-9)6-7-1-2-8(10)5-7;10-8-9(6-7-11-8)4-2-1-3-5-9;9-8-6-2-5-1-4(6)3-7(5)10-8;8-7-5-1-3-6(9-7)4-2-5;8-7-6-3-1-2-5(6)4-9-7;8-7-4-5-2-1-3-6(5)9-7;7-6-3-5-4(9-6)1-2-8-5/h6-9H,1-5H2;7-8H,1-6H2;1-7H2;4-7H,1-3H2;3*5-6H,1-4H2;4-5H,1-3H2. The molecule has 12 saturated heterocycles. The van der Waals surface area contributed by atoms with Crippen LogP contribution in [0.25, 0.3) is 0 Å². The first-order chi connectivity index (χ1) is 39.3. The van der Waals surface area contributed by atoms with Gasteiger partial charge >= 0.3 is 47.8 Å². The second-order valence-electron chi connectivity index (χ2n) is 28.0. The summed E-state index contributed by atoms with van der Waals surface area (Å²) in [4.78, 5) is 88.3. The second kappa shape index (κ2) is 24.7. The first kappa shape index (κ1) is 57.2. The smallest absolute Gasteiger partial charge is 0.312 e. The van der Waals surface area contributed by atoms with E-state index in [2.05, 4.69) is 0 Å². The molecule has 15 atom stereocenters. The molecule has 22 fully saturated rings. The SMILES string of the molecule is O=C1CC2CCCC2O1.O=C1CC2OCCC2O1.O=C1OC2CC3CC(C2)CC1C3.O=C1OC2CC3CC2CC13.O=C1OC2CCC1CC2.O=C1OCC2CCCC12.O=C1OCCC12CC1CCC2C1.O=C1OCCC12CCCCC2. The first-order valence-corrected chi connectivity index (χ1v) is 32.4. The normalized spacial score (nSPS) is 43.9. The Balaban J connectivity index is 0.0000000921. The summed E-state index contributed by atoms with van der Waals surface area (Å²) in [6, 6.07) is 0. The third kappa shape index (κ3) is 12.6. The molecule has 0 aromatic rings. The van der Waals surface area contributed by atoms with Crippen molar-refractivity contribution in [3.63, 3.8) is 0 Å². The minimum absolute atomic E-state index is 0.00289. The van der Waals surface area contributed by atoms with Gasteiger partial charge in [0, 0.05) is 18.3 Å². The zero-order valence-corrected chi connectivity index (χ0v) is 47.8. The number of carbonyl (C=O) groups is 8. The van der Waals surface area contributed by atoms with Crippen LogP contribution in [0, 0.1) is 81.8 Å². The summed E-state index contributed by atoms with van der Waals surface area (Å²) in [5.41, 5.74) is -0.0266. The fourth-order valence-corrected chi connectivity index (χ4v) is 18.8. The van der Waals surface area contributed by atoms with Gasteiger partial charge in [0.2, 0.25) is 0 Å².